The van der Waals surface area contributed by atoms with Gasteiger partial charge in [-0.3, -0.25) is 0 Å². The number of nitrogens with one attached hydrogen (secondary N) is 1. The summed E-state index contributed by atoms with van der Waals surface area (Å²) < 4.78 is 9.98. The number of rotatable bonds is 6. The number of hydrogen-bond acceptors (Lipinski definition) is 5. The summed E-state index contributed by atoms with van der Waals surface area (Å²) in [6, 6.07) is 11.2. The fourth-order valence-electron chi connectivity index (χ4n) is 2.06. The lowest BCUT2D eigenvalue weighted by Crippen LogP contribution is -2.16. The Hall–Kier alpha value is -2.40. The molecule has 1 aromatic heterocycles. The number of aromatic nitrogens is 1. The molecule has 0 saturated heterocycles. The molecule has 0 aliphatic heterocycles. The standard InChI is InChI=1S/C16H18N2O3/c1-20-15-13(7-5-9-18-15)11-17-10-12-6-3-4-8-14(12)16(19)21-2/h3-9,17H,10-11H2,1-2H3. The molecule has 0 unspecified atom stereocenters. The molecule has 110 valence electrons. The van der Waals surface area contributed by atoms with Gasteiger partial charge in [-0.1, -0.05) is 24.3 Å². The average Bonchev–Trinajstić information content (AvgIpc) is 2.55. The number of pyridine rings is 1. The second-order valence-corrected chi connectivity index (χ2v) is 4.42. The topological polar surface area (TPSA) is 60.5 Å². The number of esters is 1. The van der Waals surface area contributed by atoms with Gasteiger partial charge in [0.05, 0.1) is 19.8 Å². The van der Waals surface area contributed by atoms with Gasteiger partial charge in [0.15, 0.2) is 0 Å². The summed E-state index contributed by atoms with van der Waals surface area (Å²) in [5.74, 6) is 0.276. The molecular formula is C16H18N2O3. The van der Waals surface area contributed by atoms with E-state index in [1.807, 2.05) is 30.3 Å². The lowest BCUT2D eigenvalue weighted by atomic mass is 10.1. The second kappa shape index (κ2) is 7.40. The van der Waals surface area contributed by atoms with Crippen molar-refractivity contribution in [2.24, 2.45) is 0 Å². The van der Waals surface area contributed by atoms with Gasteiger partial charge in [-0.05, 0) is 17.7 Å². The molecule has 0 aliphatic carbocycles. The Kier molecular flexibility index (Phi) is 5.29. The van der Waals surface area contributed by atoms with Gasteiger partial charge in [0.25, 0.3) is 0 Å². The molecule has 1 aromatic carbocycles. The highest BCUT2D eigenvalue weighted by Gasteiger charge is 2.10. The van der Waals surface area contributed by atoms with E-state index in [-0.39, 0.29) is 5.97 Å². The minimum atomic E-state index is -0.327. The number of hydrogen-bond donors (Lipinski definition) is 1. The predicted octanol–water partition coefficient (Wildman–Crippen LogP) is 2.17. The summed E-state index contributed by atoms with van der Waals surface area (Å²) in [5, 5.41) is 3.28. The van der Waals surface area contributed by atoms with Gasteiger partial charge < -0.3 is 14.8 Å². The van der Waals surface area contributed by atoms with Crippen LogP contribution in [0, 0.1) is 0 Å². The van der Waals surface area contributed by atoms with E-state index in [1.54, 1.807) is 19.4 Å². The molecule has 2 aromatic rings. The van der Waals surface area contributed by atoms with Crippen molar-refractivity contribution in [1.29, 1.82) is 0 Å². The van der Waals surface area contributed by atoms with Crippen LogP contribution >= 0.6 is 0 Å². The van der Waals surface area contributed by atoms with Crippen LogP contribution in [0.2, 0.25) is 0 Å². The van der Waals surface area contributed by atoms with Crippen molar-refractivity contribution in [3.63, 3.8) is 0 Å². The van der Waals surface area contributed by atoms with Gasteiger partial charge in [-0.15, -0.1) is 0 Å². The zero-order chi connectivity index (χ0) is 15.1. The van der Waals surface area contributed by atoms with Crippen LogP contribution in [0.4, 0.5) is 0 Å². The number of methoxy groups -OCH3 is 2. The average molecular weight is 286 g/mol. The predicted molar refractivity (Wildman–Crippen MR) is 79.1 cm³/mol. The highest BCUT2D eigenvalue weighted by atomic mass is 16.5. The molecule has 0 amide bonds. The minimum absolute atomic E-state index is 0.327. The van der Waals surface area contributed by atoms with Crippen LogP contribution in [0.25, 0.3) is 0 Å². The summed E-state index contributed by atoms with van der Waals surface area (Å²) in [7, 11) is 2.98. The maximum Gasteiger partial charge on any atom is 0.338 e. The Morgan fingerprint density at radius 2 is 1.81 bits per heavy atom. The van der Waals surface area contributed by atoms with Gasteiger partial charge in [-0.25, -0.2) is 9.78 Å². The Labute approximate surface area is 123 Å². The molecule has 1 heterocycles. The summed E-state index contributed by atoms with van der Waals surface area (Å²) in [6.45, 7) is 1.16. The van der Waals surface area contributed by atoms with Crippen molar-refractivity contribution in [2.45, 2.75) is 13.1 Å². The van der Waals surface area contributed by atoms with Crippen LogP contribution in [-0.4, -0.2) is 25.2 Å². The fraction of sp³-hybridized carbons (Fsp3) is 0.250. The highest BCUT2D eigenvalue weighted by molar-refractivity contribution is 5.90. The molecule has 0 aliphatic rings. The third kappa shape index (κ3) is 3.79. The van der Waals surface area contributed by atoms with E-state index in [2.05, 4.69) is 10.3 Å². The van der Waals surface area contributed by atoms with Gasteiger partial charge >= 0.3 is 5.97 Å². The molecule has 21 heavy (non-hydrogen) atoms. The van der Waals surface area contributed by atoms with Crippen LogP contribution in [0.3, 0.4) is 0 Å². The van der Waals surface area contributed by atoms with E-state index in [0.717, 1.165) is 11.1 Å². The summed E-state index contributed by atoms with van der Waals surface area (Å²) in [5.41, 5.74) is 2.44. The molecular weight excluding hydrogens is 268 g/mol. The lowest BCUT2D eigenvalue weighted by molar-refractivity contribution is 0.0599. The van der Waals surface area contributed by atoms with E-state index in [0.29, 0.717) is 24.5 Å². The van der Waals surface area contributed by atoms with Gasteiger partial charge in [-0.2, -0.15) is 0 Å². The summed E-state index contributed by atoms with van der Waals surface area (Å²) >= 11 is 0. The Bertz CT molecular complexity index is 614. The SMILES string of the molecule is COC(=O)c1ccccc1CNCc1cccnc1OC. The highest BCUT2D eigenvalue weighted by Crippen LogP contribution is 2.14. The Morgan fingerprint density at radius 1 is 1.10 bits per heavy atom. The van der Waals surface area contributed by atoms with Crippen molar-refractivity contribution in [1.82, 2.24) is 10.3 Å². The lowest BCUT2D eigenvalue weighted by Gasteiger charge is -2.10. The van der Waals surface area contributed by atoms with Crippen LogP contribution in [-0.2, 0) is 17.8 Å². The minimum Gasteiger partial charge on any atom is -0.481 e. The van der Waals surface area contributed by atoms with Crippen LogP contribution < -0.4 is 10.1 Å². The fourth-order valence-corrected chi connectivity index (χ4v) is 2.06. The Morgan fingerprint density at radius 3 is 2.57 bits per heavy atom. The first kappa shape index (κ1) is 15.0. The molecule has 5 nitrogen and oxygen atoms in total. The number of nitrogens with zero attached hydrogens (tertiary/aromatic N) is 1. The first-order chi connectivity index (χ1) is 10.3. The van der Waals surface area contributed by atoms with Crippen molar-refractivity contribution in [3.05, 3.63) is 59.3 Å². The number of benzene rings is 1. The van der Waals surface area contributed by atoms with E-state index < -0.39 is 0 Å². The normalized spacial score (nSPS) is 10.2. The van der Waals surface area contributed by atoms with Crippen molar-refractivity contribution < 1.29 is 14.3 Å². The first-order valence-electron chi connectivity index (χ1n) is 6.61. The molecule has 0 saturated carbocycles. The Balaban J connectivity index is 2.02. The van der Waals surface area contributed by atoms with E-state index in [1.165, 1.54) is 7.11 Å². The molecule has 0 radical (unpaired) electrons. The first-order valence-corrected chi connectivity index (χ1v) is 6.61. The maximum absolute atomic E-state index is 11.7. The molecule has 5 heteroatoms. The van der Waals surface area contributed by atoms with E-state index in [9.17, 15) is 4.79 Å². The number of carbonyl (C=O) groups is 1. The van der Waals surface area contributed by atoms with Crippen LogP contribution in [0.15, 0.2) is 42.6 Å². The van der Waals surface area contributed by atoms with Crippen molar-refractivity contribution in [2.75, 3.05) is 14.2 Å². The summed E-state index contributed by atoms with van der Waals surface area (Å²) in [4.78, 5) is 15.8. The maximum atomic E-state index is 11.7. The van der Waals surface area contributed by atoms with Gasteiger partial charge in [0.1, 0.15) is 0 Å². The third-order valence-electron chi connectivity index (χ3n) is 3.10. The summed E-state index contributed by atoms with van der Waals surface area (Å²) in [6.07, 6.45) is 1.69. The monoisotopic (exact) mass is 286 g/mol. The van der Waals surface area contributed by atoms with E-state index in [4.69, 9.17) is 9.47 Å². The smallest absolute Gasteiger partial charge is 0.338 e. The van der Waals surface area contributed by atoms with Gasteiger partial charge in [0.2, 0.25) is 5.88 Å². The third-order valence-corrected chi connectivity index (χ3v) is 3.10. The zero-order valence-electron chi connectivity index (χ0n) is 12.1. The van der Waals surface area contributed by atoms with Crippen LogP contribution in [0.1, 0.15) is 21.5 Å². The van der Waals surface area contributed by atoms with Gasteiger partial charge in [0, 0.05) is 24.8 Å². The molecule has 0 atom stereocenters. The number of ether oxygens (including phenoxy) is 2. The molecule has 0 spiro atoms. The zero-order valence-corrected chi connectivity index (χ0v) is 12.1. The van der Waals surface area contributed by atoms with Crippen molar-refractivity contribution in [3.8, 4) is 5.88 Å². The largest absolute Gasteiger partial charge is 0.481 e. The quantitative estimate of drug-likeness (QED) is 0.825. The second-order valence-electron chi connectivity index (χ2n) is 4.42. The molecule has 2 rings (SSSR count). The number of carbonyl (C=O) groups excluding carboxylic acids is 1. The molecule has 0 bridgehead atoms. The van der Waals surface area contributed by atoms with Crippen LogP contribution in [0.5, 0.6) is 5.88 Å². The van der Waals surface area contributed by atoms with E-state index >= 15 is 0 Å². The molecule has 1 N–H and O–H groups in total. The molecule has 0 fully saturated rings. The van der Waals surface area contributed by atoms with Crippen molar-refractivity contribution >= 4 is 5.97 Å².